The van der Waals surface area contributed by atoms with Crippen molar-refractivity contribution in [2.24, 2.45) is 0 Å². The van der Waals surface area contributed by atoms with Crippen molar-refractivity contribution in [3.05, 3.63) is 0 Å². The van der Waals surface area contributed by atoms with Gasteiger partial charge in [0.15, 0.2) is 0 Å². The summed E-state index contributed by atoms with van der Waals surface area (Å²) in [5.74, 6) is 0. The zero-order chi connectivity index (χ0) is 41.5. The fraction of sp³-hybridized carbons (Fsp3) is 1.00. The van der Waals surface area contributed by atoms with Gasteiger partial charge in [-0.2, -0.15) is 0 Å². The van der Waals surface area contributed by atoms with Crippen molar-refractivity contribution in [2.45, 2.75) is 285 Å². The van der Waals surface area contributed by atoms with Crippen LogP contribution in [0.25, 0.3) is 0 Å². The Morgan fingerprint density at radius 3 is 0.632 bits per heavy atom. The first-order valence-corrected chi connectivity index (χ1v) is 28.6. The minimum atomic E-state index is -3.59. The van der Waals surface area contributed by atoms with Crippen LogP contribution in [0, 0.1) is 0 Å². The van der Waals surface area contributed by atoms with E-state index in [1.165, 1.54) is 193 Å². The van der Waals surface area contributed by atoms with Crippen LogP contribution in [0.4, 0.5) is 0 Å². The molecule has 0 amide bonds. The van der Waals surface area contributed by atoms with E-state index in [-0.39, 0.29) is 29.4 Å². The van der Waals surface area contributed by atoms with Gasteiger partial charge < -0.3 is 28.0 Å². The maximum Gasteiger partial charge on any atom is 2.00 e. The Bertz CT molecular complexity index is 767. The molecule has 0 saturated heterocycles. The first-order chi connectivity index (χ1) is 27.2. The topological polar surface area (TPSA) is 98.7 Å². The SMILES string of the molecule is CCCCCCCCCCCCOP(=O)([O-])CCCCCCCCCCCC.CCCCCCCCCCCCOP(=O)([O-])CCCCCCCCCCCC.[Fe+2]. The molecule has 0 saturated carbocycles. The van der Waals surface area contributed by atoms with Gasteiger partial charge in [0.1, 0.15) is 15.2 Å². The van der Waals surface area contributed by atoms with Gasteiger partial charge in [0, 0.05) is 12.3 Å². The van der Waals surface area contributed by atoms with Crippen LogP contribution in [0.5, 0.6) is 0 Å². The summed E-state index contributed by atoms with van der Waals surface area (Å²) >= 11 is 0. The number of unbranched alkanes of at least 4 members (excludes halogenated alkanes) is 36. The molecule has 2 unspecified atom stereocenters. The third-order valence-corrected chi connectivity index (χ3v) is 14.0. The summed E-state index contributed by atoms with van der Waals surface area (Å²) in [6.07, 6.45) is 49.9. The molecule has 0 fully saturated rings. The normalized spacial score (nSPS) is 13.4. The van der Waals surface area contributed by atoms with Gasteiger partial charge in [-0.05, 0) is 25.7 Å². The molecule has 0 heterocycles. The molecule has 0 aliphatic carbocycles. The predicted molar refractivity (Wildman–Crippen MR) is 244 cm³/mol. The van der Waals surface area contributed by atoms with Crippen LogP contribution in [-0.4, -0.2) is 25.5 Å². The molecule has 57 heavy (non-hydrogen) atoms. The van der Waals surface area contributed by atoms with Crippen molar-refractivity contribution >= 4 is 15.2 Å². The molecule has 0 aromatic heterocycles. The van der Waals surface area contributed by atoms with Crippen LogP contribution < -0.4 is 9.79 Å². The van der Waals surface area contributed by atoms with Crippen molar-refractivity contribution in [2.75, 3.05) is 25.5 Å². The van der Waals surface area contributed by atoms with Gasteiger partial charge in [-0.3, -0.25) is 0 Å². The van der Waals surface area contributed by atoms with Crippen molar-refractivity contribution in [3.63, 3.8) is 0 Å². The minimum absolute atomic E-state index is 0. The maximum atomic E-state index is 11.9. The molecule has 0 aromatic rings. The third-order valence-electron chi connectivity index (χ3n) is 11.1. The van der Waals surface area contributed by atoms with Crippen molar-refractivity contribution in [1.29, 1.82) is 0 Å². The van der Waals surface area contributed by atoms with E-state index in [2.05, 4.69) is 27.7 Å². The van der Waals surface area contributed by atoms with Gasteiger partial charge in [0.2, 0.25) is 0 Å². The molecule has 9 heteroatoms. The van der Waals surface area contributed by atoms with Crippen LogP contribution in [-0.2, 0) is 35.2 Å². The van der Waals surface area contributed by atoms with Crippen molar-refractivity contribution < 1.29 is 45.0 Å². The van der Waals surface area contributed by atoms with Crippen LogP contribution in [0.3, 0.4) is 0 Å². The molecule has 0 N–H and O–H groups in total. The van der Waals surface area contributed by atoms with E-state index < -0.39 is 15.2 Å². The number of hydrogen-bond donors (Lipinski definition) is 0. The molecule has 0 bridgehead atoms. The average molecular weight is 891 g/mol. The van der Waals surface area contributed by atoms with Crippen molar-refractivity contribution in [3.8, 4) is 0 Å². The summed E-state index contributed by atoms with van der Waals surface area (Å²) in [6.45, 7) is 9.76. The van der Waals surface area contributed by atoms with E-state index in [1.54, 1.807) is 0 Å². The number of hydrogen-bond acceptors (Lipinski definition) is 6. The summed E-state index contributed by atoms with van der Waals surface area (Å²) in [5.41, 5.74) is 0. The van der Waals surface area contributed by atoms with Crippen LogP contribution >= 0.6 is 15.2 Å². The van der Waals surface area contributed by atoms with Gasteiger partial charge in [0.25, 0.3) is 0 Å². The zero-order valence-corrected chi connectivity index (χ0v) is 41.7. The summed E-state index contributed by atoms with van der Waals surface area (Å²) in [5, 5.41) is 0. The molecule has 2 atom stereocenters. The fourth-order valence-corrected chi connectivity index (χ4v) is 9.60. The number of rotatable bonds is 46. The standard InChI is InChI=1S/2C24H51O3P.Fe/c2*1-3-5-7-9-11-13-15-17-19-21-23-27-28(25,26)24-22-20-18-16-14-12-10-8-6-4-2;/h2*3-24H2,1-2H3,(H,25,26);/q;;+2/p-2. The minimum Gasteiger partial charge on any atom is -0.778 e. The Hall–Kier alpha value is 0.819. The summed E-state index contributed by atoms with van der Waals surface area (Å²) < 4.78 is 34.2. The van der Waals surface area contributed by atoms with E-state index in [9.17, 15) is 18.9 Å². The zero-order valence-electron chi connectivity index (χ0n) is 38.8. The third kappa shape index (κ3) is 56.8. The maximum absolute atomic E-state index is 11.9. The molecule has 0 aliphatic rings. The molecule has 0 aromatic carbocycles. The molecule has 6 nitrogen and oxygen atoms in total. The first-order valence-electron chi connectivity index (χ1n) is 25.1. The monoisotopic (exact) mass is 891 g/mol. The molecule has 0 radical (unpaired) electrons. The van der Waals surface area contributed by atoms with Gasteiger partial charge in [0.05, 0.1) is 13.2 Å². The van der Waals surface area contributed by atoms with E-state index in [1.807, 2.05) is 0 Å². The molecular formula is C48H100FeO6P2. The molecular weight excluding hydrogens is 790 g/mol. The summed E-state index contributed by atoms with van der Waals surface area (Å²) in [4.78, 5) is 23.9. The second kappa shape index (κ2) is 51.2. The second-order valence-corrected chi connectivity index (χ2v) is 20.9. The Balaban J connectivity index is -0.00000101. The van der Waals surface area contributed by atoms with Gasteiger partial charge in [-0.15, -0.1) is 0 Å². The molecule has 0 rings (SSSR count). The smallest absolute Gasteiger partial charge is 0.778 e. The van der Waals surface area contributed by atoms with E-state index >= 15 is 0 Å². The Morgan fingerprint density at radius 1 is 0.281 bits per heavy atom. The Kier molecular flexibility index (Phi) is 55.8. The molecule has 0 spiro atoms. The van der Waals surface area contributed by atoms with E-state index in [0.717, 1.165) is 64.2 Å². The fourth-order valence-electron chi connectivity index (χ4n) is 7.30. The van der Waals surface area contributed by atoms with Crippen LogP contribution in [0.2, 0.25) is 0 Å². The van der Waals surface area contributed by atoms with Gasteiger partial charge in [-0.1, -0.05) is 259 Å². The quantitative estimate of drug-likeness (QED) is 0.0343. The average Bonchev–Trinajstić information content (AvgIpc) is 3.17. The first kappa shape index (κ1) is 62.1. The van der Waals surface area contributed by atoms with Crippen LogP contribution in [0.15, 0.2) is 0 Å². The van der Waals surface area contributed by atoms with E-state index in [0.29, 0.717) is 13.2 Å². The summed E-state index contributed by atoms with van der Waals surface area (Å²) in [7, 11) is -7.19. The van der Waals surface area contributed by atoms with E-state index in [4.69, 9.17) is 9.05 Å². The van der Waals surface area contributed by atoms with Crippen molar-refractivity contribution in [1.82, 2.24) is 0 Å². The Labute approximate surface area is 368 Å². The largest absolute Gasteiger partial charge is 2.00 e. The molecule has 346 valence electrons. The van der Waals surface area contributed by atoms with Gasteiger partial charge >= 0.3 is 17.1 Å². The predicted octanol–water partition coefficient (Wildman–Crippen LogP) is 16.8. The Morgan fingerprint density at radius 2 is 0.439 bits per heavy atom. The molecule has 0 aliphatic heterocycles. The van der Waals surface area contributed by atoms with Crippen LogP contribution in [0.1, 0.15) is 285 Å². The summed E-state index contributed by atoms with van der Waals surface area (Å²) in [6, 6.07) is 0. The van der Waals surface area contributed by atoms with Gasteiger partial charge in [-0.25, -0.2) is 0 Å². The second-order valence-electron chi connectivity index (χ2n) is 17.1.